The van der Waals surface area contributed by atoms with E-state index >= 15 is 4.79 Å². The lowest BCUT2D eigenvalue weighted by atomic mass is 9.32. The van der Waals surface area contributed by atoms with Gasteiger partial charge in [-0.25, -0.2) is 4.79 Å². The highest BCUT2D eigenvalue weighted by Gasteiger charge is 2.74. The van der Waals surface area contributed by atoms with E-state index in [1.54, 1.807) is 11.8 Å². The van der Waals surface area contributed by atoms with E-state index in [9.17, 15) is 28.2 Å². The first-order chi connectivity index (χ1) is 28.0. The third kappa shape index (κ3) is 5.90. The zero-order valence-corrected chi connectivity index (χ0v) is 34.2. The number of halogens is 4. The number of carbonyl (C=O) groups is 2. The molecule has 11 heteroatoms. The lowest BCUT2D eigenvalue weighted by Gasteiger charge is -2.71. The van der Waals surface area contributed by atoms with E-state index in [-0.39, 0.29) is 64.8 Å². The number of allylic oxidation sites excluding steroid dienone is 4. The van der Waals surface area contributed by atoms with Crippen molar-refractivity contribution < 1.29 is 42.1 Å². The Balaban J connectivity index is 1.11. The van der Waals surface area contributed by atoms with Crippen LogP contribution in [0.25, 0.3) is 22.1 Å². The molecule has 6 aliphatic carbocycles. The van der Waals surface area contributed by atoms with E-state index in [4.69, 9.17) is 20.8 Å². The Hall–Kier alpha value is -4.38. The maximum absolute atomic E-state index is 15.2. The third-order valence-electron chi connectivity index (χ3n) is 15.6. The number of alkyl halides is 3. The van der Waals surface area contributed by atoms with E-state index in [1.807, 2.05) is 42.5 Å². The number of amides is 1. The van der Waals surface area contributed by atoms with Gasteiger partial charge in [-0.15, -0.1) is 0 Å². The number of aliphatic hydroxyl groups excluding tert-OH is 1. The summed E-state index contributed by atoms with van der Waals surface area (Å²) in [5.74, 6) is -0.589. The van der Waals surface area contributed by atoms with Crippen molar-refractivity contribution in [2.45, 2.75) is 90.1 Å². The van der Waals surface area contributed by atoms with Crippen LogP contribution in [0, 0.1) is 33.5 Å². The predicted octanol–water partition coefficient (Wildman–Crippen LogP) is 11.2. The third-order valence-corrected chi connectivity index (χ3v) is 15.9. The minimum Gasteiger partial charge on any atom is -0.453 e. The molecule has 3 saturated carbocycles. The molecule has 1 amide bonds. The number of furan rings is 1. The number of benzene rings is 3. The van der Waals surface area contributed by atoms with Crippen molar-refractivity contribution in [1.29, 1.82) is 0 Å². The molecule has 0 radical (unpaired) electrons. The molecule has 3 aromatic carbocycles. The van der Waals surface area contributed by atoms with Gasteiger partial charge >= 0.3 is 12.3 Å². The molecule has 0 saturated heterocycles. The normalized spacial score (nSPS) is 33.2. The Morgan fingerprint density at radius 2 is 1.66 bits per heavy atom. The molecule has 10 rings (SSSR count). The van der Waals surface area contributed by atoms with Crippen LogP contribution in [0.1, 0.15) is 87.4 Å². The van der Waals surface area contributed by atoms with Crippen LogP contribution in [-0.2, 0) is 17.5 Å². The highest BCUT2D eigenvalue weighted by molar-refractivity contribution is 6.33. The number of ketones is 1. The average Bonchev–Trinajstić information content (AvgIpc) is 3.80. The molecule has 4 aromatic rings. The van der Waals surface area contributed by atoms with Gasteiger partial charge < -0.3 is 24.3 Å². The van der Waals surface area contributed by atoms with Gasteiger partial charge in [0.25, 0.3) is 0 Å². The fourth-order valence-electron chi connectivity index (χ4n) is 12.6. The topological polar surface area (TPSA) is 100 Å². The minimum atomic E-state index is -4.60. The Morgan fingerprint density at radius 3 is 2.44 bits per heavy atom. The van der Waals surface area contributed by atoms with Crippen molar-refractivity contribution in [3.8, 4) is 11.3 Å². The van der Waals surface area contributed by atoms with Gasteiger partial charge in [-0.05, 0) is 116 Å². The fourth-order valence-corrected chi connectivity index (χ4v) is 12.8. The van der Waals surface area contributed by atoms with E-state index < -0.39 is 45.8 Å². The molecule has 1 unspecified atom stereocenters. The average molecular weight is 828 g/mol. The number of fused-ring (bicyclic) bond motifs is 2. The first kappa shape index (κ1) is 40.0. The quantitative estimate of drug-likeness (QED) is 0.136. The highest BCUT2D eigenvalue weighted by Crippen LogP contribution is 2.78. The molecule has 0 aliphatic heterocycles. The van der Waals surface area contributed by atoms with Crippen LogP contribution in [0.15, 0.2) is 101 Å². The van der Waals surface area contributed by atoms with Gasteiger partial charge in [0.15, 0.2) is 5.76 Å². The molecular weight excluding hydrogens is 779 g/mol. The standard InChI is InChI=1S/C48H49ClF3NO6/c1-4-58-42(56)53(27-30-10-7-9-29-8-5-6-11-33(29)30)28-46(57)21-18-40-44(46,3)20-17-39-43(2)19-16-32(54)25-45(43)22-23-47(39,40)35(26-45)41(55)38-15-14-37(59-38)34-24-31(48(50,51)52)12-13-36(34)49/h5-15,22-24,26,32,39-40,54,57H,4,16-21,25,27-28H2,1-3H3/t32?,39-,40-,43-,44+,45+,46-,47-/m1/s1. The molecule has 1 heterocycles. The lowest BCUT2D eigenvalue weighted by molar-refractivity contribution is -0.175. The lowest BCUT2D eigenvalue weighted by Crippen LogP contribution is -2.67. The highest BCUT2D eigenvalue weighted by atomic mass is 35.5. The Labute approximate surface area is 346 Å². The molecule has 2 bridgehead atoms. The summed E-state index contributed by atoms with van der Waals surface area (Å²) in [4.78, 5) is 30.6. The van der Waals surface area contributed by atoms with Gasteiger partial charge in [0.2, 0.25) is 5.78 Å². The number of hydrogen-bond donors (Lipinski definition) is 2. The summed E-state index contributed by atoms with van der Waals surface area (Å²) in [6, 6.07) is 20.0. The SMILES string of the molecule is CCOC(=O)N(Cc1cccc2ccccc12)C[C@]1(O)CC[C@H]2[C@]34C=C[C@@]5(C=C3C(=O)c3ccc(-c6cc(C(F)(F)F)ccc6Cl)o3)CC(O)CC[C@]5(C)[C@H]4CC[C@@]21C. The number of ether oxygens (including phenoxy) is 1. The molecule has 1 aromatic heterocycles. The largest absolute Gasteiger partial charge is 0.453 e. The maximum Gasteiger partial charge on any atom is 0.416 e. The second-order valence-corrected chi connectivity index (χ2v) is 18.6. The zero-order valence-electron chi connectivity index (χ0n) is 33.4. The van der Waals surface area contributed by atoms with Crippen molar-refractivity contribution in [3.63, 3.8) is 0 Å². The Kier molecular flexibility index (Phi) is 9.39. The minimum absolute atomic E-state index is 0.0129. The van der Waals surface area contributed by atoms with Crippen LogP contribution >= 0.6 is 11.6 Å². The van der Waals surface area contributed by atoms with Gasteiger partial charge in [0, 0.05) is 33.9 Å². The van der Waals surface area contributed by atoms with E-state index in [0.717, 1.165) is 34.9 Å². The van der Waals surface area contributed by atoms with Crippen LogP contribution in [0.2, 0.25) is 5.02 Å². The maximum atomic E-state index is 15.2. The van der Waals surface area contributed by atoms with Crippen LogP contribution in [0.4, 0.5) is 18.0 Å². The van der Waals surface area contributed by atoms with Crippen LogP contribution in [0.5, 0.6) is 0 Å². The summed E-state index contributed by atoms with van der Waals surface area (Å²) < 4.78 is 52.9. The molecule has 59 heavy (non-hydrogen) atoms. The number of carbonyl (C=O) groups excluding carboxylic acids is 2. The summed E-state index contributed by atoms with van der Waals surface area (Å²) in [7, 11) is 0. The molecule has 8 atom stereocenters. The van der Waals surface area contributed by atoms with Gasteiger partial charge in [0.1, 0.15) is 5.76 Å². The smallest absolute Gasteiger partial charge is 0.416 e. The second-order valence-electron chi connectivity index (χ2n) is 18.2. The molecule has 2 N–H and O–H groups in total. The number of rotatable bonds is 8. The van der Waals surface area contributed by atoms with Crippen molar-refractivity contribution in [2.24, 2.45) is 33.5 Å². The number of aliphatic hydroxyl groups is 2. The number of Topliss-reactive ketones (excluding diaryl/α,β-unsaturated/α-hetero) is 1. The number of nitrogens with zero attached hydrogens (tertiary/aromatic N) is 1. The van der Waals surface area contributed by atoms with Crippen molar-refractivity contribution in [2.75, 3.05) is 13.2 Å². The molecule has 7 nitrogen and oxygen atoms in total. The van der Waals surface area contributed by atoms with Gasteiger partial charge in [-0.1, -0.05) is 86.1 Å². The van der Waals surface area contributed by atoms with Crippen molar-refractivity contribution in [1.82, 2.24) is 4.90 Å². The second kappa shape index (κ2) is 13.8. The van der Waals surface area contributed by atoms with Crippen molar-refractivity contribution >= 4 is 34.2 Å². The summed E-state index contributed by atoms with van der Waals surface area (Å²) in [6.45, 7) is 6.61. The molecule has 3 fully saturated rings. The van der Waals surface area contributed by atoms with Gasteiger partial charge in [0.05, 0.1) is 35.4 Å². The summed E-state index contributed by atoms with van der Waals surface area (Å²) in [5, 5.41) is 26.3. The molecule has 2 spiro atoms. The number of hydrogen-bond acceptors (Lipinski definition) is 6. The molecule has 6 aliphatic rings. The molecular formula is C48H49ClF3NO6. The van der Waals surface area contributed by atoms with E-state index in [0.29, 0.717) is 44.1 Å². The van der Waals surface area contributed by atoms with Gasteiger partial charge in [-0.3, -0.25) is 4.79 Å². The van der Waals surface area contributed by atoms with E-state index in [1.165, 1.54) is 18.2 Å². The monoisotopic (exact) mass is 827 g/mol. The molecule has 310 valence electrons. The summed E-state index contributed by atoms with van der Waals surface area (Å²) >= 11 is 6.40. The fraction of sp³-hybridized carbons (Fsp3) is 0.458. The Morgan fingerprint density at radius 1 is 0.932 bits per heavy atom. The summed E-state index contributed by atoms with van der Waals surface area (Å²) in [6.07, 6.45) is 4.98. The van der Waals surface area contributed by atoms with Crippen molar-refractivity contribution in [3.05, 3.63) is 119 Å². The van der Waals surface area contributed by atoms with Gasteiger partial charge in [-0.2, -0.15) is 13.2 Å². The van der Waals surface area contributed by atoms with Crippen LogP contribution in [-0.4, -0.2) is 51.8 Å². The van der Waals surface area contributed by atoms with Crippen LogP contribution in [0.3, 0.4) is 0 Å². The first-order valence-corrected chi connectivity index (χ1v) is 21.1. The first-order valence-electron chi connectivity index (χ1n) is 20.7. The summed E-state index contributed by atoms with van der Waals surface area (Å²) in [5.41, 5.74) is -3.22. The van der Waals surface area contributed by atoms with E-state index in [2.05, 4.69) is 32.1 Å². The zero-order chi connectivity index (χ0) is 41.8. The van der Waals surface area contributed by atoms with Crippen LogP contribution < -0.4 is 0 Å². The Bertz CT molecular complexity index is 2420. The predicted molar refractivity (Wildman–Crippen MR) is 218 cm³/mol.